The molecule has 0 bridgehead atoms. The molecule has 7 heteroatoms. The smallest absolute Gasteiger partial charge is 0.338 e. The Morgan fingerprint density at radius 1 is 1.05 bits per heavy atom. The van der Waals surface area contributed by atoms with E-state index in [9.17, 15) is 14.7 Å². The lowest BCUT2D eigenvalue weighted by Gasteiger charge is -2.16. The molecule has 2 heterocycles. The van der Waals surface area contributed by atoms with Crippen LogP contribution in [0.5, 0.6) is 0 Å². The molecule has 0 aromatic heterocycles. The number of rotatable bonds is 3. The number of carbonyl (C=O) groups is 2. The van der Waals surface area contributed by atoms with Crippen LogP contribution < -0.4 is 0 Å². The average molecular weight is 294 g/mol. The van der Waals surface area contributed by atoms with Crippen molar-refractivity contribution in [3.05, 3.63) is 35.4 Å². The number of fused-ring (bicyclic) bond motifs is 1. The minimum absolute atomic E-state index is 0.0954. The second-order valence-corrected chi connectivity index (χ2v) is 4.99. The summed E-state index contributed by atoms with van der Waals surface area (Å²) in [5.41, 5.74) is 0.347. The van der Waals surface area contributed by atoms with Crippen LogP contribution in [0.15, 0.2) is 24.3 Å². The fourth-order valence-electron chi connectivity index (χ4n) is 2.50. The third kappa shape index (κ3) is 2.63. The molecule has 0 saturated carbocycles. The van der Waals surface area contributed by atoms with E-state index in [1.165, 1.54) is 24.3 Å². The van der Waals surface area contributed by atoms with Gasteiger partial charge in [0.1, 0.15) is 18.3 Å². The Labute approximate surface area is 120 Å². The van der Waals surface area contributed by atoms with Gasteiger partial charge in [-0.25, -0.2) is 9.59 Å². The zero-order chi connectivity index (χ0) is 15.0. The Hall–Kier alpha value is -1.96. The summed E-state index contributed by atoms with van der Waals surface area (Å²) in [4.78, 5) is 22.8. The van der Waals surface area contributed by atoms with Crippen LogP contribution in [0.2, 0.25) is 0 Å². The van der Waals surface area contributed by atoms with Crippen molar-refractivity contribution in [2.75, 3.05) is 13.2 Å². The Bertz CT molecular complexity index is 553. The molecule has 0 aliphatic carbocycles. The molecule has 21 heavy (non-hydrogen) atoms. The standard InChI is InChI=1S/C14H14O7/c15-9-5-19-12-10(6-20-11(9)12)21-14(18)8-3-1-7(2-4-8)13(16)17/h1-4,9-12,15H,5-6H2,(H,16,17)/t9-,10+,11?,12?/m0/s1. The highest BCUT2D eigenvalue weighted by molar-refractivity contribution is 5.92. The van der Waals surface area contributed by atoms with Crippen LogP contribution in [0.4, 0.5) is 0 Å². The molecule has 2 unspecified atom stereocenters. The average Bonchev–Trinajstić information content (AvgIpc) is 3.03. The molecular weight excluding hydrogens is 280 g/mol. The molecule has 2 aliphatic rings. The van der Waals surface area contributed by atoms with Gasteiger partial charge in [0, 0.05) is 0 Å². The van der Waals surface area contributed by atoms with Gasteiger partial charge < -0.3 is 24.4 Å². The van der Waals surface area contributed by atoms with Gasteiger partial charge in [-0.1, -0.05) is 0 Å². The fourth-order valence-corrected chi connectivity index (χ4v) is 2.50. The van der Waals surface area contributed by atoms with E-state index in [4.69, 9.17) is 19.3 Å². The first-order chi connectivity index (χ1) is 10.1. The van der Waals surface area contributed by atoms with Gasteiger partial charge in [-0.05, 0) is 24.3 Å². The van der Waals surface area contributed by atoms with Crippen molar-refractivity contribution < 1.29 is 34.0 Å². The van der Waals surface area contributed by atoms with Crippen LogP contribution in [0.25, 0.3) is 0 Å². The summed E-state index contributed by atoms with van der Waals surface area (Å²) in [5, 5.41) is 18.4. The fraction of sp³-hybridized carbons (Fsp3) is 0.429. The van der Waals surface area contributed by atoms with Crippen molar-refractivity contribution in [2.45, 2.75) is 24.4 Å². The molecule has 2 aliphatic heterocycles. The van der Waals surface area contributed by atoms with E-state index >= 15 is 0 Å². The summed E-state index contributed by atoms with van der Waals surface area (Å²) in [6, 6.07) is 5.46. The topological polar surface area (TPSA) is 102 Å². The molecule has 4 atom stereocenters. The van der Waals surface area contributed by atoms with Crippen LogP contribution in [0, 0.1) is 0 Å². The van der Waals surface area contributed by atoms with Crippen LogP contribution in [-0.2, 0) is 14.2 Å². The quantitative estimate of drug-likeness (QED) is 0.760. The van der Waals surface area contributed by atoms with E-state index in [0.717, 1.165) is 0 Å². The number of carboxylic acid groups (broad SMARTS) is 1. The highest BCUT2D eigenvalue weighted by Gasteiger charge is 2.48. The molecule has 2 N–H and O–H groups in total. The second-order valence-electron chi connectivity index (χ2n) is 4.99. The molecule has 0 amide bonds. The number of aromatic carboxylic acids is 1. The normalized spacial score (nSPS) is 30.9. The van der Waals surface area contributed by atoms with Crippen LogP contribution in [-0.4, -0.2) is 59.8 Å². The molecule has 1 aromatic carbocycles. The van der Waals surface area contributed by atoms with Crippen LogP contribution in [0.1, 0.15) is 20.7 Å². The Morgan fingerprint density at radius 2 is 1.67 bits per heavy atom. The third-order valence-electron chi connectivity index (χ3n) is 3.61. The van der Waals surface area contributed by atoms with E-state index in [-0.39, 0.29) is 24.3 Å². The van der Waals surface area contributed by atoms with E-state index in [0.29, 0.717) is 0 Å². The van der Waals surface area contributed by atoms with Gasteiger partial charge in [0.05, 0.1) is 24.3 Å². The Balaban J connectivity index is 1.65. The maximum absolute atomic E-state index is 12.0. The highest BCUT2D eigenvalue weighted by Crippen LogP contribution is 2.29. The lowest BCUT2D eigenvalue weighted by Crippen LogP contribution is -2.34. The SMILES string of the molecule is O=C(O)c1ccc(C(=O)O[C@@H]2COC3C2OC[C@@H]3O)cc1. The molecule has 7 nitrogen and oxygen atoms in total. The molecule has 0 radical (unpaired) electrons. The van der Waals surface area contributed by atoms with Crippen molar-refractivity contribution in [2.24, 2.45) is 0 Å². The first-order valence-corrected chi connectivity index (χ1v) is 6.52. The minimum Gasteiger partial charge on any atom is -0.478 e. The summed E-state index contributed by atoms with van der Waals surface area (Å²) < 4.78 is 16.0. The predicted molar refractivity (Wildman–Crippen MR) is 68.1 cm³/mol. The van der Waals surface area contributed by atoms with Gasteiger partial charge >= 0.3 is 11.9 Å². The van der Waals surface area contributed by atoms with Crippen molar-refractivity contribution in [1.82, 2.24) is 0 Å². The lowest BCUT2D eigenvalue weighted by molar-refractivity contribution is -0.0209. The largest absolute Gasteiger partial charge is 0.478 e. The van der Waals surface area contributed by atoms with E-state index in [1.54, 1.807) is 0 Å². The lowest BCUT2D eigenvalue weighted by atomic mass is 10.1. The van der Waals surface area contributed by atoms with E-state index in [2.05, 4.69) is 0 Å². The maximum atomic E-state index is 12.0. The molecular formula is C14H14O7. The number of aliphatic hydroxyl groups is 1. The zero-order valence-electron chi connectivity index (χ0n) is 11.0. The van der Waals surface area contributed by atoms with Crippen molar-refractivity contribution in [1.29, 1.82) is 0 Å². The molecule has 3 rings (SSSR count). The van der Waals surface area contributed by atoms with Gasteiger partial charge in [-0.3, -0.25) is 0 Å². The van der Waals surface area contributed by atoms with Crippen molar-refractivity contribution >= 4 is 11.9 Å². The van der Waals surface area contributed by atoms with Gasteiger partial charge in [-0.15, -0.1) is 0 Å². The van der Waals surface area contributed by atoms with Gasteiger partial charge in [0.25, 0.3) is 0 Å². The number of carbonyl (C=O) groups excluding carboxylic acids is 1. The number of aliphatic hydroxyl groups excluding tert-OH is 1. The van der Waals surface area contributed by atoms with Crippen molar-refractivity contribution in [3.63, 3.8) is 0 Å². The summed E-state index contributed by atoms with van der Waals surface area (Å²) >= 11 is 0. The molecule has 2 saturated heterocycles. The Morgan fingerprint density at radius 3 is 2.33 bits per heavy atom. The van der Waals surface area contributed by atoms with Crippen LogP contribution in [0.3, 0.4) is 0 Å². The first-order valence-electron chi connectivity index (χ1n) is 6.52. The van der Waals surface area contributed by atoms with Gasteiger partial charge in [0.15, 0.2) is 6.10 Å². The minimum atomic E-state index is -1.06. The summed E-state index contributed by atoms with van der Waals surface area (Å²) in [5.74, 6) is -1.64. The molecule has 112 valence electrons. The molecule has 1 aromatic rings. The summed E-state index contributed by atoms with van der Waals surface area (Å²) in [7, 11) is 0. The molecule has 2 fully saturated rings. The maximum Gasteiger partial charge on any atom is 0.338 e. The summed E-state index contributed by atoms with van der Waals surface area (Å²) in [6.07, 6.45) is -2.19. The van der Waals surface area contributed by atoms with Crippen molar-refractivity contribution in [3.8, 4) is 0 Å². The number of esters is 1. The number of benzene rings is 1. The van der Waals surface area contributed by atoms with Gasteiger partial charge in [0.2, 0.25) is 0 Å². The number of hydrogen-bond donors (Lipinski definition) is 2. The highest BCUT2D eigenvalue weighted by atomic mass is 16.6. The molecule has 0 spiro atoms. The van der Waals surface area contributed by atoms with E-state index < -0.39 is 36.4 Å². The number of carboxylic acids is 1. The monoisotopic (exact) mass is 294 g/mol. The third-order valence-corrected chi connectivity index (χ3v) is 3.61. The first kappa shape index (κ1) is 14.0. The predicted octanol–water partition coefficient (Wildman–Crippen LogP) is 0.0687. The van der Waals surface area contributed by atoms with Gasteiger partial charge in [-0.2, -0.15) is 0 Å². The number of hydrogen-bond acceptors (Lipinski definition) is 6. The Kier molecular flexibility index (Phi) is 3.62. The summed E-state index contributed by atoms with van der Waals surface area (Å²) in [6.45, 7) is 0.335. The van der Waals surface area contributed by atoms with E-state index in [1.807, 2.05) is 0 Å². The van der Waals surface area contributed by atoms with Crippen LogP contribution >= 0.6 is 0 Å². The zero-order valence-corrected chi connectivity index (χ0v) is 11.0. The second kappa shape index (κ2) is 5.44. The number of ether oxygens (including phenoxy) is 3.